The van der Waals surface area contributed by atoms with E-state index in [0.29, 0.717) is 0 Å². The van der Waals surface area contributed by atoms with E-state index in [4.69, 9.17) is 5.10 Å². The quantitative estimate of drug-likeness (QED) is 0.237. The molecule has 5 aromatic carbocycles. The first-order chi connectivity index (χ1) is 18.3. The van der Waals surface area contributed by atoms with Crippen LogP contribution in [0.5, 0.6) is 0 Å². The van der Waals surface area contributed by atoms with Crippen LogP contribution in [-0.4, -0.2) is 9.78 Å². The molecule has 0 amide bonds. The minimum Gasteiger partial charge on any atom is -0.308 e. The van der Waals surface area contributed by atoms with E-state index in [2.05, 4.69) is 12.1 Å². The summed E-state index contributed by atoms with van der Waals surface area (Å²) in [4.78, 5) is 0. The van der Waals surface area contributed by atoms with Crippen LogP contribution in [0, 0.1) is 0 Å². The summed E-state index contributed by atoms with van der Waals surface area (Å²) in [7, 11) is -3.37. The van der Waals surface area contributed by atoms with Crippen LogP contribution in [-0.2, 0) is 4.57 Å². The first kappa shape index (κ1) is 23.0. The lowest BCUT2D eigenvalue weighted by Gasteiger charge is -2.22. The van der Waals surface area contributed by atoms with Crippen molar-refractivity contribution in [1.29, 1.82) is 0 Å². The molecule has 37 heavy (non-hydrogen) atoms. The molecule has 1 aromatic heterocycles. The van der Waals surface area contributed by atoms with Gasteiger partial charge in [0.1, 0.15) is 5.69 Å². The molecule has 6 rings (SSSR count). The molecule has 0 atom stereocenters. The first-order valence-electron chi connectivity index (χ1n) is 12.3. The number of nitrogens with zero attached hydrogens (tertiary/aromatic N) is 2. The van der Waals surface area contributed by atoms with E-state index in [9.17, 15) is 0 Å². The average Bonchev–Trinajstić information content (AvgIpc) is 3.40. The maximum Gasteiger partial charge on any atom is 0.175 e. The molecular weight excluding hydrogens is 471 g/mol. The van der Waals surface area contributed by atoms with Gasteiger partial charge in [-0.2, -0.15) is 5.10 Å². The second-order valence-electron chi connectivity index (χ2n) is 8.81. The molecule has 0 radical (unpaired) electrons. The van der Waals surface area contributed by atoms with Gasteiger partial charge in [0.25, 0.3) is 0 Å². The summed E-state index contributed by atoms with van der Waals surface area (Å²) in [5, 5.41) is 7.49. The minimum atomic E-state index is -3.37. The summed E-state index contributed by atoms with van der Waals surface area (Å²) in [5.74, 6) is 0. The Balaban J connectivity index is 1.80. The van der Waals surface area contributed by atoms with Gasteiger partial charge in [-0.3, -0.25) is 0 Å². The smallest absolute Gasteiger partial charge is 0.175 e. The molecule has 0 aliphatic rings. The van der Waals surface area contributed by atoms with Gasteiger partial charge in [-0.05, 0) is 12.1 Å². The largest absolute Gasteiger partial charge is 0.308 e. The number of benzene rings is 5. The molecule has 178 valence electrons. The Kier molecular flexibility index (Phi) is 6.14. The highest BCUT2D eigenvalue weighted by Gasteiger charge is 2.38. The van der Waals surface area contributed by atoms with Gasteiger partial charge in [0.2, 0.25) is 0 Å². The van der Waals surface area contributed by atoms with E-state index in [1.54, 1.807) is 0 Å². The van der Waals surface area contributed by atoms with Gasteiger partial charge in [-0.25, -0.2) is 4.68 Å². The van der Waals surface area contributed by atoms with Crippen molar-refractivity contribution in [1.82, 2.24) is 9.78 Å². The van der Waals surface area contributed by atoms with Crippen LogP contribution in [0.25, 0.3) is 28.2 Å². The topological polar surface area (TPSA) is 34.9 Å². The average molecular weight is 497 g/mol. The van der Waals surface area contributed by atoms with Crippen LogP contribution in [0.1, 0.15) is 0 Å². The number of hydrogen-bond donors (Lipinski definition) is 0. The number of hydrogen-bond acceptors (Lipinski definition) is 2. The Morgan fingerprint density at radius 1 is 0.486 bits per heavy atom. The van der Waals surface area contributed by atoms with Crippen LogP contribution in [0.3, 0.4) is 0 Å². The van der Waals surface area contributed by atoms with E-state index < -0.39 is 7.14 Å². The van der Waals surface area contributed by atoms with Gasteiger partial charge < -0.3 is 4.57 Å². The third kappa shape index (κ3) is 4.14. The highest BCUT2D eigenvalue weighted by atomic mass is 31.2. The van der Waals surface area contributed by atoms with Crippen molar-refractivity contribution < 1.29 is 4.57 Å². The molecule has 0 unspecified atom stereocenters. The van der Waals surface area contributed by atoms with Crippen molar-refractivity contribution in [2.24, 2.45) is 0 Å². The molecule has 3 nitrogen and oxygen atoms in total. The van der Waals surface area contributed by atoms with Gasteiger partial charge >= 0.3 is 0 Å². The summed E-state index contributed by atoms with van der Waals surface area (Å²) in [6.07, 6.45) is 0. The third-order valence-electron chi connectivity index (χ3n) is 6.51. The fraction of sp³-hybridized carbons (Fsp3) is 0. The normalized spacial score (nSPS) is 11.4. The second kappa shape index (κ2) is 9.89. The highest BCUT2D eigenvalue weighted by Crippen LogP contribution is 2.48. The third-order valence-corrected chi connectivity index (χ3v) is 9.61. The van der Waals surface area contributed by atoms with Crippen LogP contribution < -0.4 is 15.9 Å². The Morgan fingerprint density at radius 2 is 0.892 bits per heavy atom. The molecule has 1 heterocycles. The lowest BCUT2D eigenvalue weighted by molar-refractivity contribution is 0.592. The minimum absolute atomic E-state index is 0.722. The van der Waals surface area contributed by atoms with E-state index in [1.165, 1.54) is 0 Å². The lowest BCUT2D eigenvalue weighted by atomic mass is 10.1. The van der Waals surface area contributed by atoms with Crippen molar-refractivity contribution in [3.63, 3.8) is 0 Å². The van der Waals surface area contributed by atoms with E-state index in [1.807, 2.05) is 144 Å². The molecule has 0 N–H and O–H groups in total. The molecule has 0 fully saturated rings. The molecule has 0 aliphatic heterocycles. The standard InChI is InChI=1S/C33H25N2OP/c36-37(29-22-12-4-13-23-29,30-24-14-5-15-25-30)33-31(26-16-6-1-7-17-26)34-35(28-20-10-3-11-21-28)32(33)27-18-8-2-9-19-27/h1-25H. The summed E-state index contributed by atoms with van der Waals surface area (Å²) >= 11 is 0. The van der Waals surface area contributed by atoms with Crippen molar-refractivity contribution in [2.75, 3.05) is 0 Å². The zero-order valence-electron chi connectivity index (χ0n) is 20.2. The van der Waals surface area contributed by atoms with Gasteiger partial charge in [0, 0.05) is 21.7 Å². The van der Waals surface area contributed by atoms with Crippen molar-refractivity contribution in [3.8, 4) is 28.2 Å². The Morgan fingerprint density at radius 3 is 1.38 bits per heavy atom. The van der Waals surface area contributed by atoms with Gasteiger partial charge in [-0.1, -0.05) is 140 Å². The van der Waals surface area contributed by atoms with Gasteiger partial charge in [0.05, 0.1) is 16.7 Å². The Hall–Kier alpha value is -4.46. The molecule has 4 heteroatoms. The van der Waals surface area contributed by atoms with E-state index in [-0.39, 0.29) is 0 Å². The van der Waals surface area contributed by atoms with Crippen molar-refractivity contribution in [2.45, 2.75) is 0 Å². The maximum atomic E-state index is 15.8. The van der Waals surface area contributed by atoms with Crippen LogP contribution >= 0.6 is 7.14 Å². The molecule has 0 bridgehead atoms. The molecule has 0 saturated carbocycles. The van der Waals surface area contributed by atoms with Gasteiger partial charge in [0.15, 0.2) is 7.14 Å². The lowest BCUT2D eigenvalue weighted by Crippen LogP contribution is -2.27. The number of rotatable bonds is 6. The SMILES string of the molecule is O=P(c1ccccc1)(c1ccccc1)c1c(-c2ccccc2)nn(-c2ccccc2)c1-c1ccccc1. The van der Waals surface area contributed by atoms with Crippen LogP contribution in [0.2, 0.25) is 0 Å². The zero-order chi connectivity index (χ0) is 25.1. The van der Waals surface area contributed by atoms with E-state index >= 15 is 4.57 Å². The number of aromatic nitrogens is 2. The van der Waals surface area contributed by atoms with E-state index in [0.717, 1.165) is 44.1 Å². The first-order valence-corrected chi connectivity index (χ1v) is 14.0. The van der Waals surface area contributed by atoms with Crippen LogP contribution in [0.15, 0.2) is 152 Å². The zero-order valence-corrected chi connectivity index (χ0v) is 21.1. The summed E-state index contributed by atoms with van der Waals surface area (Å²) in [5.41, 5.74) is 4.36. The van der Waals surface area contributed by atoms with Crippen molar-refractivity contribution in [3.05, 3.63) is 152 Å². The second-order valence-corrected chi connectivity index (χ2v) is 11.5. The molecule has 0 spiro atoms. The fourth-order valence-corrected chi connectivity index (χ4v) is 7.79. The monoisotopic (exact) mass is 496 g/mol. The van der Waals surface area contributed by atoms with Crippen LogP contribution in [0.4, 0.5) is 0 Å². The summed E-state index contributed by atoms with van der Waals surface area (Å²) < 4.78 is 17.7. The molecule has 6 aromatic rings. The Labute approximate surface area is 217 Å². The predicted octanol–water partition coefficient (Wildman–Crippen LogP) is 6.85. The number of para-hydroxylation sites is 1. The fourth-order valence-electron chi connectivity index (χ4n) is 4.79. The molecule has 0 aliphatic carbocycles. The molecule has 0 saturated heterocycles. The Bertz CT molecular complexity index is 1620. The highest BCUT2D eigenvalue weighted by molar-refractivity contribution is 7.85. The summed E-state index contributed by atoms with van der Waals surface area (Å²) in [6.45, 7) is 0. The predicted molar refractivity (Wildman–Crippen MR) is 154 cm³/mol. The van der Waals surface area contributed by atoms with Crippen molar-refractivity contribution >= 4 is 23.1 Å². The maximum absolute atomic E-state index is 15.8. The molecular formula is C33H25N2OP. The van der Waals surface area contributed by atoms with Gasteiger partial charge in [-0.15, -0.1) is 0 Å². The summed E-state index contributed by atoms with van der Waals surface area (Å²) in [6, 6.07) is 49.9.